The van der Waals surface area contributed by atoms with Gasteiger partial charge in [0.15, 0.2) is 11.5 Å². The van der Waals surface area contributed by atoms with E-state index in [1.54, 1.807) is 35.0 Å². The third-order valence-corrected chi connectivity index (χ3v) is 5.13. The second-order valence-corrected chi connectivity index (χ2v) is 7.41. The Hall–Kier alpha value is -2.12. The van der Waals surface area contributed by atoms with E-state index < -0.39 is 10.0 Å². The van der Waals surface area contributed by atoms with Crippen LogP contribution in [0, 0.1) is 0 Å². The summed E-state index contributed by atoms with van der Waals surface area (Å²) in [5, 5.41) is 4.50. The number of nitrogens with one attached hydrogen (secondary N) is 1. The van der Waals surface area contributed by atoms with E-state index in [-0.39, 0.29) is 15.8 Å². The Morgan fingerprint density at radius 3 is 2.61 bits per heavy atom. The molecule has 1 N–H and O–H groups in total. The lowest BCUT2D eigenvalue weighted by Crippen LogP contribution is -2.14. The predicted molar refractivity (Wildman–Crippen MR) is 89.3 cm³/mol. The molecule has 3 rings (SSSR count). The van der Waals surface area contributed by atoms with Gasteiger partial charge in [0.05, 0.1) is 10.7 Å². The average Bonchev–Trinajstić information content (AvgIpc) is 2.92. The summed E-state index contributed by atoms with van der Waals surface area (Å²) in [6.45, 7) is 3.95. The molecule has 0 aliphatic carbocycles. The Bertz CT molecular complexity index is 967. The number of rotatable bonds is 4. The first-order chi connectivity index (χ1) is 10.9. The Labute approximate surface area is 139 Å². The Morgan fingerprint density at radius 1 is 1.17 bits per heavy atom. The molecule has 8 heteroatoms. The zero-order valence-corrected chi connectivity index (χ0v) is 14.1. The van der Waals surface area contributed by atoms with Crippen LogP contribution in [0.3, 0.4) is 0 Å². The van der Waals surface area contributed by atoms with Gasteiger partial charge in [0, 0.05) is 12.1 Å². The minimum Gasteiger partial charge on any atom is -0.276 e. The highest BCUT2D eigenvalue weighted by Gasteiger charge is 2.20. The van der Waals surface area contributed by atoms with Crippen molar-refractivity contribution < 1.29 is 8.42 Å². The Kier molecular flexibility index (Phi) is 3.99. The van der Waals surface area contributed by atoms with Gasteiger partial charge in [-0.15, -0.1) is 0 Å². The number of hydrogen-bond donors (Lipinski definition) is 1. The van der Waals surface area contributed by atoms with E-state index in [4.69, 9.17) is 11.6 Å². The molecule has 0 saturated carbocycles. The van der Waals surface area contributed by atoms with Crippen LogP contribution in [0.5, 0.6) is 0 Å². The molecule has 0 bridgehead atoms. The predicted octanol–water partition coefficient (Wildman–Crippen LogP) is 3.31. The summed E-state index contributed by atoms with van der Waals surface area (Å²) in [4.78, 5) is 4.42. The molecule has 120 valence electrons. The van der Waals surface area contributed by atoms with Crippen molar-refractivity contribution in [2.24, 2.45) is 0 Å². The van der Waals surface area contributed by atoms with E-state index in [9.17, 15) is 8.42 Å². The van der Waals surface area contributed by atoms with Crippen LogP contribution >= 0.6 is 11.6 Å². The van der Waals surface area contributed by atoms with E-state index in [0.717, 1.165) is 0 Å². The van der Waals surface area contributed by atoms with Gasteiger partial charge in [0.25, 0.3) is 10.0 Å². The summed E-state index contributed by atoms with van der Waals surface area (Å²) in [5.41, 5.74) is 0.804. The van der Waals surface area contributed by atoms with Crippen molar-refractivity contribution in [2.75, 3.05) is 4.72 Å². The van der Waals surface area contributed by atoms with Gasteiger partial charge in [0.1, 0.15) is 4.90 Å². The van der Waals surface area contributed by atoms with Crippen LogP contribution in [0.1, 0.15) is 25.6 Å². The second-order valence-electron chi connectivity index (χ2n) is 5.35. The highest BCUT2D eigenvalue weighted by molar-refractivity contribution is 7.92. The quantitative estimate of drug-likeness (QED) is 0.783. The summed E-state index contributed by atoms with van der Waals surface area (Å²) < 4.78 is 29.2. The Balaban J connectivity index is 2.06. The van der Waals surface area contributed by atoms with Gasteiger partial charge in [0.2, 0.25) is 0 Å². The lowest BCUT2D eigenvalue weighted by atomic mass is 10.2. The molecular weight excluding hydrogens is 336 g/mol. The summed E-state index contributed by atoms with van der Waals surface area (Å²) >= 11 is 5.99. The number of pyridine rings is 1. The SMILES string of the molecule is CC(C)c1nc2c(NS(=O)(=O)c3ccccc3Cl)cccn2n1. The minimum absolute atomic E-state index is 0.0206. The van der Waals surface area contributed by atoms with Crippen molar-refractivity contribution in [1.82, 2.24) is 14.6 Å². The van der Waals surface area contributed by atoms with Crippen molar-refractivity contribution in [3.05, 3.63) is 53.4 Å². The molecule has 0 radical (unpaired) electrons. The minimum atomic E-state index is -3.81. The molecule has 2 heterocycles. The van der Waals surface area contributed by atoms with Crippen LogP contribution in [0.25, 0.3) is 5.65 Å². The number of fused-ring (bicyclic) bond motifs is 1. The van der Waals surface area contributed by atoms with E-state index in [1.165, 1.54) is 12.1 Å². The normalized spacial score (nSPS) is 12.0. The Morgan fingerprint density at radius 2 is 1.91 bits per heavy atom. The number of nitrogens with zero attached hydrogens (tertiary/aromatic N) is 3. The van der Waals surface area contributed by atoms with Crippen molar-refractivity contribution in [3.8, 4) is 0 Å². The molecule has 0 aliphatic rings. The number of sulfonamides is 1. The fraction of sp³-hybridized carbons (Fsp3) is 0.200. The summed E-state index contributed by atoms with van der Waals surface area (Å²) in [6, 6.07) is 9.63. The zero-order chi connectivity index (χ0) is 16.6. The molecule has 0 saturated heterocycles. The third-order valence-electron chi connectivity index (χ3n) is 3.27. The summed E-state index contributed by atoms with van der Waals surface area (Å²) in [5.74, 6) is 0.789. The monoisotopic (exact) mass is 350 g/mol. The first-order valence-corrected chi connectivity index (χ1v) is 8.87. The number of hydrogen-bond acceptors (Lipinski definition) is 4. The molecule has 0 unspecified atom stereocenters. The molecule has 0 amide bonds. The van der Waals surface area contributed by atoms with Gasteiger partial charge in [-0.05, 0) is 24.3 Å². The molecule has 0 atom stereocenters. The lowest BCUT2D eigenvalue weighted by Gasteiger charge is -2.09. The maximum Gasteiger partial charge on any atom is 0.263 e. The van der Waals surface area contributed by atoms with Crippen molar-refractivity contribution >= 4 is 33.0 Å². The largest absolute Gasteiger partial charge is 0.276 e. The molecule has 2 aromatic heterocycles. The maximum atomic E-state index is 12.6. The molecule has 0 fully saturated rings. The van der Waals surface area contributed by atoms with Gasteiger partial charge >= 0.3 is 0 Å². The van der Waals surface area contributed by atoms with Crippen LogP contribution in [0.4, 0.5) is 5.69 Å². The van der Waals surface area contributed by atoms with Crippen LogP contribution in [-0.4, -0.2) is 23.0 Å². The average molecular weight is 351 g/mol. The highest BCUT2D eigenvalue weighted by atomic mass is 35.5. The molecular formula is C15H15ClN4O2S. The second kappa shape index (κ2) is 5.82. The molecule has 0 aliphatic heterocycles. The van der Waals surface area contributed by atoms with E-state index >= 15 is 0 Å². The number of aromatic nitrogens is 3. The number of benzene rings is 1. The molecule has 3 aromatic rings. The van der Waals surface area contributed by atoms with Gasteiger partial charge in [-0.3, -0.25) is 4.72 Å². The van der Waals surface area contributed by atoms with Crippen LogP contribution < -0.4 is 4.72 Å². The first kappa shape index (κ1) is 15.8. The van der Waals surface area contributed by atoms with E-state index in [0.29, 0.717) is 17.2 Å². The standard InChI is InChI=1S/C15H15ClN4O2S/c1-10(2)14-17-15-12(7-5-9-20(15)18-14)19-23(21,22)13-8-4-3-6-11(13)16/h3-10,19H,1-2H3. The molecule has 6 nitrogen and oxygen atoms in total. The molecule has 23 heavy (non-hydrogen) atoms. The molecule has 1 aromatic carbocycles. The van der Waals surface area contributed by atoms with Crippen molar-refractivity contribution in [3.63, 3.8) is 0 Å². The fourth-order valence-electron chi connectivity index (χ4n) is 2.11. The van der Waals surface area contributed by atoms with Crippen LogP contribution in [-0.2, 0) is 10.0 Å². The van der Waals surface area contributed by atoms with Crippen LogP contribution in [0.15, 0.2) is 47.5 Å². The van der Waals surface area contributed by atoms with Crippen molar-refractivity contribution in [2.45, 2.75) is 24.7 Å². The first-order valence-electron chi connectivity index (χ1n) is 7.01. The van der Waals surface area contributed by atoms with Crippen LogP contribution in [0.2, 0.25) is 5.02 Å². The van der Waals surface area contributed by atoms with Gasteiger partial charge in [-0.1, -0.05) is 37.6 Å². The van der Waals surface area contributed by atoms with Gasteiger partial charge < -0.3 is 0 Å². The smallest absolute Gasteiger partial charge is 0.263 e. The van der Waals surface area contributed by atoms with E-state index in [1.807, 2.05) is 13.8 Å². The zero-order valence-electron chi connectivity index (χ0n) is 12.6. The van der Waals surface area contributed by atoms with E-state index in [2.05, 4.69) is 14.8 Å². The maximum absolute atomic E-state index is 12.6. The number of halogens is 1. The van der Waals surface area contributed by atoms with Crippen molar-refractivity contribution in [1.29, 1.82) is 0 Å². The fourth-order valence-corrected chi connectivity index (χ4v) is 3.69. The topological polar surface area (TPSA) is 76.4 Å². The molecule has 0 spiro atoms. The summed E-state index contributed by atoms with van der Waals surface area (Å²) in [7, 11) is -3.81. The third kappa shape index (κ3) is 3.02. The van der Waals surface area contributed by atoms with Gasteiger partial charge in [-0.25, -0.2) is 17.9 Å². The van der Waals surface area contributed by atoms with Gasteiger partial charge in [-0.2, -0.15) is 5.10 Å². The summed E-state index contributed by atoms with van der Waals surface area (Å²) in [6.07, 6.45) is 1.72. The highest BCUT2D eigenvalue weighted by Crippen LogP contribution is 2.25. The number of anilines is 1. The lowest BCUT2D eigenvalue weighted by molar-refractivity contribution is 0.601.